The molecule has 2 aliphatic rings. The molecule has 2 unspecified atom stereocenters. The molecule has 0 radical (unpaired) electrons. The SMILES string of the molecule is O=S(=O)(NC1CCN2CCCC2C1)c1cc(CO)oc1Br. The van der Waals surface area contributed by atoms with E-state index in [1.54, 1.807) is 0 Å². The van der Waals surface area contributed by atoms with Crippen molar-refractivity contribution < 1.29 is 17.9 Å². The largest absolute Gasteiger partial charge is 0.450 e. The fourth-order valence-corrected chi connectivity index (χ4v) is 5.55. The Kier molecular flexibility index (Phi) is 4.42. The van der Waals surface area contributed by atoms with E-state index >= 15 is 0 Å². The number of aliphatic hydroxyl groups excluding tert-OH is 1. The van der Waals surface area contributed by atoms with Crippen molar-refractivity contribution in [3.63, 3.8) is 0 Å². The second-order valence-corrected chi connectivity index (χ2v) is 8.09. The highest BCUT2D eigenvalue weighted by atomic mass is 79.9. The monoisotopic (exact) mass is 378 g/mol. The number of hydrogen-bond donors (Lipinski definition) is 2. The lowest BCUT2D eigenvalue weighted by molar-refractivity contribution is 0.176. The number of fused-ring (bicyclic) bond motifs is 1. The van der Waals surface area contributed by atoms with E-state index < -0.39 is 10.0 Å². The Hall–Kier alpha value is -0.410. The van der Waals surface area contributed by atoms with Gasteiger partial charge in [-0.2, -0.15) is 0 Å². The van der Waals surface area contributed by atoms with Crippen LogP contribution in [0.5, 0.6) is 0 Å². The molecule has 3 heterocycles. The molecule has 6 nitrogen and oxygen atoms in total. The van der Waals surface area contributed by atoms with Gasteiger partial charge in [0.2, 0.25) is 10.0 Å². The Balaban J connectivity index is 1.72. The van der Waals surface area contributed by atoms with Gasteiger partial charge in [0.1, 0.15) is 17.3 Å². The molecule has 0 aliphatic carbocycles. The van der Waals surface area contributed by atoms with E-state index in [2.05, 4.69) is 25.6 Å². The van der Waals surface area contributed by atoms with Gasteiger partial charge in [0.25, 0.3) is 0 Å². The molecule has 3 rings (SSSR count). The highest BCUT2D eigenvalue weighted by Gasteiger charge is 2.34. The van der Waals surface area contributed by atoms with E-state index in [4.69, 9.17) is 9.52 Å². The first kappa shape index (κ1) is 15.5. The highest BCUT2D eigenvalue weighted by molar-refractivity contribution is 9.10. The van der Waals surface area contributed by atoms with Gasteiger partial charge in [-0.05, 0) is 54.7 Å². The number of nitrogens with one attached hydrogen (secondary N) is 1. The molecule has 0 aromatic carbocycles. The zero-order valence-electron chi connectivity index (χ0n) is 11.6. The van der Waals surface area contributed by atoms with E-state index in [0.717, 1.165) is 32.4 Å². The summed E-state index contributed by atoms with van der Waals surface area (Å²) in [6.07, 6.45) is 4.05. The molecule has 2 aliphatic heterocycles. The van der Waals surface area contributed by atoms with Gasteiger partial charge < -0.3 is 14.4 Å². The fraction of sp³-hybridized carbons (Fsp3) is 0.692. The third-order valence-corrected chi connectivity index (χ3v) is 6.67. The third-order valence-electron chi connectivity index (χ3n) is 4.29. The Bertz CT molecular complexity index is 616. The van der Waals surface area contributed by atoms with Crippen molar-refractivity contribution in [3.05, 3.63) is 16.5 Å². The normalized spacial score (nSPS) is 27.0. The average molecular weight is 379 g/mol. The number of furan rings is 1. The van der Waals surface area contributed by atoms with Gasteiger partial charge in [0.15, 0.2) is 4.67 Å². The molecule has 0 bridgehead atoms. The summed E-state index contributed by atoms with van der Waals surface area (Å²) < 4.78 is 33.0. The van der Waals surface area contributed by atoms with Crippen LogP contribution in [-0.2, 0) is 16.6 Å². The van der Waals surface area contributed by atoms with Gasteiger partial charge in [-0.1, -0.05) is 0 Å². The zero-order valence-corrected chi connectivity index (χ0v) is 14.0. The van der Waals surface area contributed by atoms with Gasteiger partial charge in [0.05, 0.1) is 0 Å². The fourth-order valence-electron chi connectivity index (χ4n) is 3.27. The molecule has 0 spiro atoms. The number of rotatable bonds is 4. The lowest BCUT2D eigenvalue weighted by Gasteiger charge is -2.34. The number of hydrogen-bond acceptors (Lipinski definition) is 5. The van der Waals surface area contributed by atoms with Crippen LogP contribution in [0.4, 0.5) is 0 Å². The first-order valence-corrected chi connectivity index (χ1v) is 9.42. The van der Waals surface area contributed by atoms with Crippen LogP contribution >= 0.6 is 15.9 Å². The first-order chi connectivity index (χ1) is 9.99. The van der Waals surface area contributed by atoms with E-state index in [9.17, 15) is 8.42 Å². The summed E-state index contributed by atoms with van der Waals surface area (Å²) in [5.74, 6) is 0.230. The Morgan fingerprint density at radius 1 is 1.43 bits per heavy atom. The smallest absolute Gasteiger partial charge is 0.245 e. The van der Waals surface area contributed by atoms with E-state index in [-0.39, 0.29) is 28.0 Å². The summed E-state index contributed by atoms with van der Waals surface area (Å²) >= 11 is 3.10. The summed E-state index contributed by atoms with van der Waals surface area (Å²) in [6.45, 7) is 1.76. The molecule has 8 heteroatoms. The predicted molar refractivity (Wildman–Crippen MR) is 80.3 cm³/mol. The Morgan fingerprint density at radius 3 is 2.95 bits per heavy atom. The number of halogens is 1. The van der Waals surface area contributed by atoms with Gasteiger partial charge in [-0.3, -0.25) is 0 Å². The minimum Gasteiger partial charge on any atom is -0.450 e. The van der Waals surface area contributed by atoms with Crippen LogP contribution in [0.3, 0.4) is 0 Å². The lowest BCUT2D eigenvalue weighted by Crippen LogP contribution is -2.47. The van der Waals surface area contributed by atoms with Crippen molar-refractivity contribution in [2.45, 2.75) is 49.3 Å². The summed E-state index contributed by atoms with van der Waals surface area (Å²) in [4.78, 5) is 2.50. The maximum absolute atomic E-state index is 12.4. The van der Waals surface area contributed by atoms with E-state index in [1.165, 1.54) is 12.5 Å². The van der Waals surface area contributed by atoms with Crippen LogP contribution in [0.1, 0.15) is 31.4 Å². The molecule has 2 fully saturated rings. The number of aliphatic hydroxyl groups is 1. The molecule has 1 aromatic heterocycles. The summed E-state index contributed by atoms with van der Waals surface area (Å²) in [7, 11) is -3.63. The van der Waals surface area contributed by atoms with Gasteiger partial charge in [-0.15, -0.1) is 0 Å². The minimum atomic E-state index is -3.63. The van der Waals surface area contributed by atoms with Crippen LogP contribution < -0.4 is 4.72 Å². The topological polar surface area (TPSA) is 82.8 Å². The lowest BCUT2D eigenvalue weighted by atomic mass is 9.99. The van der Waals surface area contributed by atoms with Crippen LogP contribution in [0.2, 0.25) is 0 Å². The quantitative estimate of drug-likeness (QED) is 0.827. The van der Waals surface area contributed by atoms with Crippen LogP contribution in [0.15, 0.2) is 20.0 Å². The summed E-state index contributed by atoms with van der Waals surface area (Å²) in [5, 5.41) is 9.03. The standard InChI is InChI=1S/C13H19BrN2O4S/c14-13-12(7-11(8-17)20-13)21(18,19)15-9-3-5-16-4-1-2-10(16)6-9/h7,9-10,15,17H,1-6,8H2. The van der Waals surface area contributed by atoms with Crippen LogP contribution in [0, 0.1) is 0 Å². The Labute approximate surface area is 132 Å². The second-order valence-electron chi connectivity index (χ2n) is 5.68. The van der Waals surface area contributed by atoms with Crippen molar-refractivity contribution in [1.82, 2.24) is 9.62 Å². The summed E-state index contributed by atoms with van der Waals surface area (Å²) in [6, 6.07) is 1.83. The van der Waals surface area contributed by atoms with Gasteiger partial charge in [0, 0.05) is 18.2 Å². The second kappa shape index (κ2) is 6.00. The highest BCUT2D eigenvalue weighted by Crippen LogP contribution is 2.30. The van der Waals surface area contributed by atoms with Crippen LogP contribution in [-0.4, -0.2) is 43.6 Å². The molecular formula is C13H19BrN2O4S. The van der Waals surface area contributed by atoms with Crippen molar-refractivity contribution >= 4 is 26.0 Å². The number of piperidine rings is 1. The third kappa shape index (κ3) is 3.19. The molecule has 118 valence electrons. The van der Waals surface area contributed by atoms with Crippen molar-refractivity contribution in [2.75, 3.05) is 13.1 Å². The molecule has 0 saturated carbocycles. The molecule has 0 amide bonds. The number of nitrogens with zero attached hydrogens (tertiary/aromatic N) is 1. The number of sulfonamides is 1. The van der Waals surface area contributed by atoms with Crippen molar-refractivity contribution in [2.24, 2.45) is 0 Å². The van der Waals surface area contributed by atoms with E-state index in [1.807, 2.05) is 0 Å². The Morgan fingerprint density at radius 2 is 2.24 bits per heavy atom. The summed E-state index contributed by atoms with van der Waals surface area (Å²) in [5.41, 5.74) is 0. The average Bonchev–Trinajstić information content (AvgIpc) is 3.04. The molecule has 21 heavy (non-hydrogen) atoms. The molecule has 2 saturated heterocycles. The van der Waals surface area contributed by atoms with Crippen molar-refractivity contribution in [3.8, 4) is 0 Å². The zero-order chi connectivity index (χ0) is 15.0. The van der Waals surface area contributed by atoms with Gasteiger partial charge >= 0.3 is 0 Å². The maximum Gasteiger partial charge on any atom is 0.245 e. The molecule has 1 aromatic rings. The molecular weight excluding hydrogens is 360 g/mol. The minimum absolute atomic E-state index is 0.0336. The van der Waals surface area contributed by atoms with E-state index in [0.29, 0.717) is 6.04 Å². The molecule has 2 atom stereocenters. The van der Waals surface area contributed by atoms with Crippen molar-refractivity contribution in [1.29, 1.82) is 0 Å². The maximum atomic E-state index is 12.4. The first-order valence-electron chi connectivity index (χ1n) is 7.15. The molecule has 2 N–H and O–H groups in total. The van der Waals surface area contributed by atoms with Crippen LogP contribution in [0.25, 0.3) is 0 Å². The predicted octanol–water partition coefficient (Wildman–Crippen LogP) is 1.44. The van der Waals surface area contributed by atoms with Gasteiger partial charge in [-0.25, -0.2) is 13.1 Å².